The largest absolute Gasteiger partial charge is 0.391 e. The molecule has 0 spiro atoms. The van der Waals surface area contributed by atoms with Crippen LogP contribution in [0.15, 0.2) is 18.3 Å². The Morgan fingerprint density at radius 3 is 3.00 bits per heavy atom. The van der Waals surface area contributed by atoms with Gasteiger partial charge in [0.25, 0.3) is 5.91 Å². The van der Waals surface area contributed by atoms with Crippen molar-refractivity contribution in [2.24, 2.45) is 5.73 Å². The fourth-order valence-electron chi connectivity index (χ4n) is 2.26. The molecule has 1 heterocycles. The van der Waals surface area contributed by atoms with Gasteiger partial charge in [-0.15, -0.1) is 0 Å². The molecule has 5 heteroatoms. The molecule has 4 N–H and O–H groups in total. The van der Waals surface area contributed by atoms with E-state index in [2.05, 4.69) is 10.3 Å². The van der Waals surface area contributed by atoms with Gasteiger partial charge < -0.3 is 16.2 Å². The number of aliphatic hydroxyl groups is 1. The molecular weight excluding hydrogens is 230 g/mol. The number of rotatable bonds is 3. The van der Waals surface area contributed by atoms with Gasteiger partial charge in [-0.3, -0.25) is 9.78 Å². The van der Waals surface area contributed by atoms with Crippen molar-refractivity contribution in [1.29, 1.82) is 0 Å². The van der Waals surface area contributed by atoms with Gasteiger partial charge in [0.05, 0.1) is 17.8 Å². The minimum Gasteiger partial charge on any atom is -0.391 e. The smallest absolute Gasteiger partial charge is 0.251 e. The van der Waals surface area contributed by atoms with Crippen LogP contribution in [0.25, 0.3) is 0 Å². The van der Waals surface area contributed by atoms with Crippen molar-refractivity contribution in [3.05, 3.63) is 29.6 Å². The maximum absolute atomic E-state index is 12.0. The molecule has 1 aliphatic carbocycles. The van der Waals surface area contributed by atoms with Crippen molar-refractivity contribution < 1.29 is 9.90 Å². The van der Waals surface area contributed by atoms with Gasteiger partial charge in [-0.1, -0.05) is 12.8 Å². The molecule has 2 atom stereocenters. The minimum absolute atomic E-state index is 0.138. The summed E-state index contributed by atoms with van der Waals surface area (Å²) in [6.45, 7) is 0.313. The van der Waals surface area contributed by atoms with E-state index in [4.69, 9.17) is 5.73 Å². The van der Waals surface area contributed by atoms with E-state index in [1.165, 1.54) is 0 Å². The van der Waals surface area contributed by atoms with E-state index >= 15 is 0 Å². The molecule has 98 valence electrons. The number of nitrogens with zero attached hydrogens (tertiary/aromatic N) is 1. The maximum atomic E-state index is 12.0. The third-order valence-corrected chi connectivity index (χ3v) is 3.33. The second kappa shape index (κ2) is 5.93. The van der Waals surface area contributed by atoms with Crippen molar-refractivity contribution in [3.63, 3.8) is 0 Å². The average molecular weight is 249 g/mol. The SMILES string of the molecule is NCc1cc(C(=O)NC2CCCCC2O)ccn1. The molecule has 2 rings (SSSR count). The van der Waals surface area contributed by atoms with Crippen LogP contribution < -0.4 is 11.1 Å². The second-order valence-corrected chi connectivity index (χ2v) is 4.67. The Labute approximate surface area is 106 Å². The molecule has 0 saturated heterocycles. The lowest BCUT2D eigenvalue weighted by Gasteiger charge is -2.28. The molecule has 1 aliphatic rings. The van der Waals surface area contributed by atoms with Crippen LogP contribution in [0, 0.1) is 0 Å². The highest BCUT2D eigenvalue weighted by Gasteiger charge is 2.24. The number of hydrogen-bond acceptors (Lipinski definition) is 4. The average Bonchev–Trinajstić information content (AvgIpc) is 2.41. The zero-order chi connectivity index (χ0) is 13.0. The second-order valence-electron chi connectivity index (χ2n) is 4.67. The van der Waals surface area contributed by atoms with E-state index < -0.39 is 6.10 Å². The summed E-state index contributed by atoms with van der Waals surface area (Å²) in [5.41, 5.74) is 6.72. The third kappa shape index (κ3) is 3.05. The van der Waals surface area contributed by atoms with Crippen molar-refractivity contribution >= 4 is 5.91 Å². The van der Waals surface area contributed by atoms with E-state index in [-0.39, 0.29) is 11.9 Å². The van der Waals surface area contributed by atoms with Gasteiger partial charge in [0, 0.05) is 18.3 Å². The first-order valence-corrected chi connectivity index (χ1v) is 6.34. The fraction of sp³-hybridized carbons (Fsp3) is 0.538. The molecule has 0 bridgehead atoms. The van der Waals surface area contributed by atoms with Crippen molar-refractivity contribution in [2.75, 3.05) is 0 Å². The summed E-state index contributed by atoms with van der Waals surface area (Å²) in [6, 6.07) is 3.20. The Bertz CT molecular complexity index is 422. The Balaban J connectivity index is 2.02. The Morgan fingerprint density at radius 1 is 1.50 bits per heavy atom. The molecule has 1 aromatic heterocycles. The van der Waals surface area contributed by atoms with Crippen LogP contribution in [0.2, 0.25) is 0 Å². The molecule has 0 aromatic carbocycles. The summed E-state index contributed by atoms with van der Waals surface area (Å²) in [7, 11) is 0. The number of amides is 1. The highest BCUT2D eigenvalue weighted by molar-refractivity contribution is 5.94. The molecule has 5 nitrogen and oxygen atoms in total. The molecule has 1 fully saturated rings. The van der Waals surface area contributed by atoms with Crippen LogP contribution in [0.3, 0.4) is 0 Å². The van der Waals surface area contributed by atoms with E-state index in [9.17, 15) is 9.90 Å². The lowest BCUT2D eigenvalue weighted by molar-refractivity contribution is 0.0717. The molecule has 1 amide bonds. The normalized spacial score (nSPS) is 23.7. The highest BCUT2D eigenvalue weighted by atomic mass is 16.3. The lowest BCUT2D eigenvalue weighted by Crippen LogP contribution is -2.45. The first-order chi connectivity index (χ1) is 8.70. The van der Waals surface area contributed by atoms with Crippen molar-refractivity contribution in [1.82, 2.24) is 10.3 Å². The predicted octanol–water partition coefficient (Wildman–Crippen LogP) is 0.574. The first kappa shape index (κ1) is 13.0. The Kier molecular flexibility index (Phi) is 4.28. The fourth-order valence-corrected chi connectivity index (χ4v) is 2.26. The summed E-state index contributed by atoms with van der Waals surface area (Å²) >= 11 is 0. The topological polar surface area (TPSA) is 88.2 Å². The van der Waals surface area contributed by atoms with E-state index in [0.717, 1.165) is 25.7 Å². The van der Waals surface area contributed by atoms with Crippen molar-refractivity contribution in [3.8, 4) is 0 Å². The van der Waals surface area contributed by atoms with Gasteiger partial charge >= 0.3 is 0 Å². The number of nitrogens with two attached hydrogens (primary N) is 1. The highest BCUT2D eigenvalue weighted by Crippen LogP contribution is 2.18. The van der Waals surface area contributed by atoms with Crippen LogP contribution in [0.4, 0.5) is 0 Å². The molecule has 1 aromatic rings. The van der Waals surface area contributed by atoms with E-state index in [1.807, 2.05) is 0 Å². The zero-order valence-corrected chi connectivity index (χ0v) is 10.3. The molecule has 0 aliphatic heterocycles. The zero-order valence-electron chi connectivity index (χ0n) is 10.3. The standard InChI is InChI=1S/C13H19N3O2/c14-8-10-7-9(5-6-15-10)13(18)16-11-3-1-2-4-12(11)17/h5-7,11-12,17H,1-4,8,14H2,(H,16,18). The van der Waals surface area contributed by atoms with E-state index in [1.54, 1.807) is 18.3 Å². The number of aliphatic hydroxyl groups excluding tert-OH is 1. The van der Waals surface area contributed by atoms with Crippen LogP contribution >= 0.6 is 0 Å². The lowest BCUT2D eigenvalue weighted by atomic mass is 9.92. The molecule has 18 heavy (non-hydrogen) atoms. The van der Waals surface area contributed by atoms with Gasteiger partial charge in [0.1, 0.15) is 0 Å². The van der Waals surface area contributed by atoms with Gasteiger partial charge in [-0.2, -0.15) is 0 Å². The summed E-state index contributed by atoms with van der Waals surface area (Å²) < 4.78 is 0. The predicted molar refractivity (Wildman–Crippen MR) is 67.9 cm³/mol. The minimum atomic E-state index is -0.432. The van der Waals surface area contributed by atoms with E-state index in [0.29, 0.717) is 17.8 Å². The number of carbonyl (C=O) groups excluding carboxylic acids is 1. The van der Waals surface area contributed by atoms with Gasteiger partial charge in [-0.25, -0.2) is 0 Å². The Hall–Kier alpha value is -1.46. The summed E-state index contributed by atoms with van der Waals surface area (Å²) in [4.78, 5) is 16.1. The first-order valence-electron chi connectivity index (χ1n) is 6.34. The molecule has 2 unspecified atom stereocenters. The quantitative estimate of drug-likeness (QED) is 0.731. The number of pyridine rings is 1. The number of nitrogens with one attached hydrogen (secondary N) is 1. The summed E-state index contributed by atoms with van der Waals surface area (Å²) in [5, 5.41) is 12.7. The number of aromatic nitrogens is 1. The van der Waals surface area contributed by atoms with Crippen LogP contribution in [-0.2, 0) is 6.54 Å². The summed E-state index contributed by atoms with van der Waals surface area (Å²) in [6.07, 6.45) is 4.82. The van der Waals surface area contributed by atoms with Gasteiger partial charge in [-0.05, 0) is 25.0 Å². The molecule has 0 radical (unpaired) electrons. The number of carbonyl (C=O) groups is 1. The van der Waals surface area contributed by atoms with Crippen LogP contribution in [0.5, 0.6) is 0 Å². The Morgan fingerprint density at radius 2 is 2.28 bits per heavy atom. The third-order valence-electron chi connectivity index (χ3n) is 3.33. The molecular formula is C13H19N3O2. The van der Waals surface area contributed by atoms with Crippen LogP contribution in [0.1, 0.15) is 41.7 Å². The maximum Gasteiger partial charge on any atom is 0.251 e. The van der Waals surface area contributed by atoms with Crippen LogP contribution in [-0.4, -0.2) is 28.1 Å². The van der Waals surface area contributed by atoms with Crippen molar-refractivity contribution in [2.45, 2.75) is 44.4 Å². The van der Waals surface area contributed by atoms with Gasteiger partial charge in [0.15, 0.2) is 0 Å². The monoisotopic (exact) mass is 249 g/mol. The molecule has 1 saturated carbocycles. The summed E-state index contributed by atoms with van der Waals surface area (Å²) in [5.74, 6) is -0.168. The number of hydrogen-bond donors (Lipinski definition) is 3. The van der Waals surface area contributed by atoms with Gasteiger partial charge in [0.2, 0.25) is 0 Å².